The van der Waals surface area contributed by atoms with E-state index in [1.54, 1.807) is 0 Å². The Labute approximate surface area is 115 Å². The van der Waals surface area contributed by atoms with Crippen molar-refractivity contribution in [1.29, 1.82) is 5.26 Å². The van der Waals surface area contributed by atoms with Crippen LogP contribution in [0, 0.1) is 11.3 Å². The van der Waals surface area contributed by atoms with Crippen LogP contribution in [-0.2, 0) is 10.2 Å². The molecule has 0 atom stereocenters. The summed E-state index contributed by atoms with van der Waals surface area (Å²) in [4.78, 5) is 0. The highest BCUT2D eigenvalue weighted by atomic mass is 16.5. The predicted octanol–water partition coefficient (Wildman–Crippen LogP) is 3.41. The van der Waals surface area contributed by atoms with Crippen molar-refractivity contribution in [2.24, 2.45) is 0 Å². The van der Waals surface area contributed by atoms with Crippen LogP contribution in [0.15, 0.2) is 18.2 Å². The second-order valence-electron chi connectivity index (χ2n) is 6.00. The molecular formula is C16H21NO2. The lowest BCUT2D eigenvalue weighted by Crippen LogP contribution is -2.26. The molecule has 0 radical (unpaired) electrons. The van der Waals surface area contributed by atoms with E-state index in [2.05, 4.69) is 32.9 Å². The molecule has 0 saturated carbocycles. The lowest BCUT2D eigenvalue weighted by atomic mass is 9.86. The Balaban J connectivity index is 2.19. The molecule has 1 aliphatic heterocycles. The van der Waals surface area contributed by atoms with Gasteiger partial charge in [0.25, 0.3) is 0 Å². The average molecular weight is 259 g/mol. The minimum absolute atomic E-state index is 0.0445. The maximum Gasteiger partial charge on any atom is 0.137 e. The minimum atomic E-state index is 0.0445. The quantitative estimate of drug-likeness (QED) is 0.817. The Bertz CT molecular complexity index is 477. The van der Waals surface area contributed by atoms with Gasteiger partial charge in [0.2, 0.25) is 0 Å². The van der Waals surface area contributed by atoms with Crippen molar-refractivity contribution in [2.45, 2.75) is 45.1 Å². The third kappa shape index (κ3) is 3.48. The van der Waals surface area contributed by atoms with Crippen molar-refractivity contribution in [3.8, 4) is 11.8 Å². The zero-order valence-electron chi connectivity index (χ0n) is 11.9. The van der Waals surface area contributed by atoms with Gasteiger partial charge in [0, 0.05) is 12.8 Å². The first-order valence-electron chi connectivity index (χ1n) is 6.80. The van der Waals surface area contributed by atoms with E-state index in [0.29, 0.717) is 11.3 Å². The summed E-state index contributed by atoms with van der Waals surface area (Å²) in [6.45, 7) is 7.91. The molecule has 2 rings (SSSR count). The summed E-state index contributed by atoms with van der Waals surface area (Å²) in [5, 5.41) is 9.28. The van der Waals surface area contributed by atoms with E-state index >= 15 is 0 Å². The largest absolute Gasteiger partial charge is 0.489 e. The number of hydrogen-bond donors (Lipinski definition) is 0. The summed E-state index contributed by atoms with van der Waals surface area (Å²) in [7, 11) is 0. The topological polar surface area (TPSA) is 42.2 Å². The Morgan fingerprint density at radius 3 is 2.53 bits per heavy atom. The van der Waals surface area contributed by atoms with E-state index < -0.39 is 0 Å². The summed E-state index contributed by atoms with van der Waals surface area (Å²) < 4.78 is 11.3. The highest BCUT2D eigenvalue weighted by Crippen LogP contribution is 2.29. The van der Waals surface area contributed by atoms with Crippen LogP contribution in [0.2, 0.25) is 0 Å². The molecule has 102 valence electrons. The fraction of sp³-hybridized carbons (Fsp3) is 0.562. The third-order valence-corrected chi connectivity index (χ3v) is 3.43. The van der Waals surface area contributed by atoms with Gasteiger partial charge in [-0.25, -0.2) is 0 Å². The zero-order chi connectivity index (χ0) is 13.9. The number of hydrogen-bond acceptors (Lipinski definition) is 3. The lowest BCUT2D eigenvalue weighted by molar-refractivity contribution is 0.0254. The molecule has 1 heterocycles. The van der Waals surface area contributed by atoms with Crippen molar-refractivity contribution < 1.29 is 9.47 Å². The van der Waals surface area contributed by atoms with E-state index in [1.165, 1.54) is 0 Å². The maximum atomic E-state index is 9.28. The van der Waals surface area contributed by atoms with Gasteiger partial charge in [-0.1, -0.05) is 26.8 Å². The summed E-state index contributed by atoms with van der Waals surface area (Å²) in [6, 6.07) is 8.16. The van der Waals surface area contributed by atoms with Gasteiger partial charge in [-0.05, 0) is 23.1 Å². The Morgan fingerprint density at radius 1 is 1.26 bits per heavy atom. The van der Waals surface area contributed by atoms with Gasteiger partial charge in [-0.2, -0.15) is 5.26 Å². The van der Waals surface area contributed by atoms with Gasteiger partial charge in [0.1, 0.15) is 17.9 Å². The SMILES string of the molecule is CC(C)(C)c1ccc(OC2CCOCC2)c(C#N)c1. The second kappa shape index (κ2) is 5.63. The predicted molar refractivity (Wildman–Crippen MR) is 74.3 cm³/mol. The van der Waals surface area contributed by atoms with Gasteiger partial charge in [-0.15, -0.1) is 0 Å². The van der Waals surface area contributed by atoms with Crippen LogP contribution >= 0.6 is 0 Å². The van der Waals surface area contributed by atoms with Crippen molar-refractivity contribution >= 4 is 0 Å². The van der Waals surface area contributed by atoms with Gasteiger partial charge in [-0.3, -0.25) is 0 Å². The van der Waals surface area contributed by atoms with Crippen LogP contribution in [0.3, 0.4) is 0 Å². The zero-order valence-corrected chi connectivity index (χ0v) is 11.9. The highest BCUT2D eigenvalue weighted by Gasteiger charge is 2.19. The molecule has 1 fully saturated rings. The van der Waals surface area contributed by atoms with Crippen molar-refractivity contribution in [2.75, 3.05) is 13.2 Å². The van der Waals surface area contributed by atoms with Gasteiger partial charge >= 0.3 is 0 Å². The second-order valence-corrected chi connectivity index (χ2v) is 6.00. The Kier molecular flexibility index (Phi) is 4.11. The normalized spacial score (nSPS) is 16.9. The molecule has 19 heavy (non-hydrogen) atoms. The molecule has 3 heteroatoms. The molecule has 3 nitrogen and oxygen atoms in total. The first-order valence-corrected chi connectivity index (χ1v) is 6.80. The van der Waals surface area contributed by atoms with Crippen molar-refractivity contribution in [3.05, 3.63) is 29.3 Å². The number of benzene rings is 1. The molecule has 1 aliphatic rings. The molecule has 1 aromatic rings. The number of nitriles is 1. The summed E-state index contributed by atoms with van der Waals surface area (Å²) in [6.07, 6.45) is 1.96. The van der Waals surface area contributed by atoms with Crippen LogP contribution in [0.1, 0.15) is 44.7 Å². The molecule has 0 spiro atoms. The molecule has 0 aliphatic carbocycles. The molecule has 0 aromatic heterocycles. The third-order valence-electron chi connectivity index (χ3n) is 3.43. The maximum absolute atomic E-state index is 9.28. The van der Waals surface area contributed by atoms with E-state index in [9.17, 15) is 5.26 Å². The van der Waals surface area contributed by atoms with Crippen LogP contribution in [0.4, 0.5) is 0 Å². The van der Waals surface area contributed by atoms with E-state index in [0.717, 1.165) is 31.6 Å². The molecule has 0 amide bonds. The van der Waals surface area contributed by atoms with E-state index in [4.69, 9.17) is 9.47 Å². The van der Waals surface area contributed by atoms with E-state index in [1.807, 2.05) is 12.1 Å². The lowest BCUT2D eigenvalue weighted by Gasteiger charge is -2.25. The van der Waals surface area contributed by atoms with Gasteiger partial charge < -0.3 is 9.47 Å². The van der Waals surface area contributed by atoms with Crippen molar-refractivity contribution in [3.63, 3.8) is 0 Å². The standard InChI is InChI=1S/C16H21NO2/c1-16(2,3)13-4-5-15(12(10-13)11-17)19-14-6-8-18-9-7-14/h4-5,10,14H,6-9H2,1-3H3. The highest BCUT2D eigenvalue weighted by molar-refractivity contribution is 5.47. The average Bonchev–Trinajstić information content (AvgIpc) is 2.39. The van der Waals surface area contributed by atoms with Crippen molar-refractivity contribution in [1.82, 2.24) is 0 Å². The molecule has 1 saturated heterocycles. The molecule has 1 aromatic carbocycles. The van der Waals surface area contributed by atoms with Gasteiger partial charge in [0.05, 0.1) is 18.8 Å². The first-order chi connectivity index (χ1) is 9.00. The summed E-state index contributed by atoms with van der Waals surface area (Å²) in [5.74, 6) is 0.697. The number of nitrogens with zero attached hydrogens (tertiary/aromatic N) is 1. The van der Waals surface area contributed by atoms with Crippen LogP contribution in [0.5, 0.6) is 5.75 Å². The number of rotatable bonds is 2. The molecular weight excluding hydrogens is 238 g/mol. The summed E-state index contributed by atoms with van der Waals surface area (Å²) >= 11 is 0. The molecule has 0 N–H and O–H groups in total. The summed E-state index contributed by atoms with van der Waals surface area (Å²) in [5.41, 5.74) is 1.82. The monoisotopic (exact) mass is 259 g/mol. The first kappa shape index (κ1) is 13.9. The Morgan fingerprint density at radius 2 is 1.95 bits per heavy atom. The van der Waals surface area contributed by atoms with Crippen LogP contribution in [-0.4, -0.2) is 19.3 Å². The van der Waals surface area contributed by atoms with Gasteiger partial charge in [0.15, 0.2) is 0 Å². The van der Waals surface area contributed by atoms with E-state index in [-0.39, 0.29) is 11.5 Å². The fourth-order valence-electron chi connectivity index (χ4n) is 2.16. The Hall–Kier alpha value is -1.53. The fourth-order valence-corrected chi connectivity index (χ4v) is 2.16. The molecule has 0 unspecified atom stereocenters. The van der Waals surface area contributed by atoms with Crippen LogP contribution in [0.25, 0.3) is 0 Å². The molecule has 0 bridgehead atoms. The smallest absolute Gasteiger partial charge is 0.137 e. The minimum Gasteiger partial charge on any atom is -0.489 e. The number of ether oxygens (including phenoxy) is 2. The van der Waals surface area contributed by atoms with Crippen LogP contribution < -0.4 is 4.74 Å².